The Morgan fingerprint density at radius 3 is 2.45 bits per heavy atom. The number of carbonyl (C=O) groups excluding carboxylic acids is 2. The van der Waals surface area contributed by atoms with Gasteiger partial charge < -0.3 is 20.7 Å². The Hall–Kier alpha value is -4.01. The molecule has 1 aromatic carbocycles. The third kappa shape index (κ3) is 4.46. The lowest BCUT2D eigenvalue weighted by Gasteiger charge is -2.17. The Morgan fingerprint density at radius 1 is 1.03 bits per heavy atom. The van der Waals surface area contributed by atoms with Gasteiger partial charge in [-0.2, -0.15) is 0 Å². The predicted octanol–water partition coefficient (Wildman–Crippen LogP) is 2.63. The Morgan fingerprint density at radius 2 is 1.72 bits per heavy atom. The molecule has 8 nitrogen and oxygen atoms in total. The quantitative estimate of drug-likeness (QED) is 0.643. The fourth-order valence-corrected chi connectivity index (χ4v) is 2.47. The molecular formula is C20H18FN5O3. The van der Waals surface area contributed by atoms with Gasteiger partial charge in [-0.15, -0.1) is 0 Å². The summed E-state index contributed by atoms with van der Waals surface area (Å²) in [6.07, 6.45) is 2.85. The van der Waals surface area contributed by atoms with Crippen LogP contribution in [-0.4, -0.2) is 35.9 Å². The van der Waals surface area contributed by atoms with E-state index in [1.54, 1.807) is 19.2 Å². The van der Waals surface area contributed by atoms with Gasteiger partial charge in [-0.05, 0) is 30.3 Å². The van der Waals surface area contributed by atoms with Crippen LogP contribution in [0.25, 0.3) is 0 Å². The van der Waals surface area contributed by atoms with Crippen LogP contribution in [0.2, 0.25) is 0 Å². The molecule has 148 valence electrons. The zero-order chi connectivity index (χ0) is 21.0. The summed E-state index contributed by atoms with van der Waals surface area (Å²) in [7, 11) is 3.05. The number of nitrogen functional groups attached to an aromatic ring is 1. The maximum absolute atomic E-state index is 13.6. The highest BCUT2D eigenvalue weighted by Crippen LogP contribution is 2.25. The third-order valence-corrected chi connectivity index (χ3v) is 4.05. The van der Waals surface area contributed by atoms with E-state index in [1.807, 2.05) is 0 Å². The maximum Gasteiger partial charge on any atom is 0.276 e. The van der Waals surface area contributed by atoms with E-state index in [4.69, 9.17) is 10.5 Å². The molecule has 9 heteroatoms. The number of nitrogens with one attached hydrogen (secondary N) is 1. The van der Waals surface area contributed by atoms with Crippen LogP contribution in [0.3, 0.4) is 0 Å². The van der Waals surface area contributed by atoms with Crippen molar-refractivity contribution in [2.45, 2.75) is 0 Å². The van der Waals surface area contributed by atoms with Gasteiger partial charge in [0.25, 0.3) is 11.8 Å². The molecule has 29 heavy (non-hydrogen) atoms. The molecule has 0 unspecified atom stereocenters. The molecule has 0 radical (unpaired) electrons. The monoisotopic (exact) mass is 395 g/mol. The lowest BCUT2D eigenvalue weighted by atomic mass is 10.2. The molecule has 0 atom stereocenters. The van der Waals surface area contributed by atoms with Gasteiger partial charge >= 0.3 is 0 Å². The van der Waals surface area contributed by atoms with Crippen LogP contribution in [0.15, 0.2) is 54.9 Å². The van der Waals surface area contributed by atoms with E-state index in [1.165, 1.54) is 48.6 Å². The first kappa shape index (κ1) is 19.7. The molecule has 0 aliphatic rings. The average Bonchev–Trinajstić information content (AvgIpc) is 2.75. The highest BCUT2D eigenvalue weighted by molar-refractivity contribution is 6.05. The molecule has 0 bridgehead atoms. The Bertz CT molecular complexity index is 1070. The van der Waals surface area contributed by atoms with Gasteiger partial charge in [0.15, 0.2) is 0 Å². The number of rotatable bonds is 5. The summed E-state index contributed by atoms with van der Waals surface area (Å²) < 4.78 is 19.2. The van der Waals surface area contributed by atoms with Gasteiger partial charge in [0.1, 0.15) is 28.7 Å². The van der Waals surface area contributed by atoms with Crippen molar-refractivity contribution >= 4 is 23.2 Å². The molecule has 2 heterocycles. The molecule has 0 aliphatic heterocycles. The number of anilines is 2. The summed E-state index contributed by atoms with van der Waals surface area (Å²) in [5, 5.41) is 2.48. The predicted molar refractivity (Wildman–Crippen MR) is 105 cm³/mol. The highest BCUT2D eigenvalue weighted by Gasteiger charge is 2.17. The summed E-state index contributed by atoms with van der Waals surface area (Å²) in [5.41, 5.74) is 6.23. The van der Waals surface area contributed by atoms with E-state index >= 15 is 0 Å². The number of amides is 2. The fourth-order valence-electron chi connectivity index (χ4n) is 2.47. The number of benzene rings is 1. The van der Waals surface area contributed by atoms with E-state index in [2.05, 4.69) is 15.3 Å². The van der Waals surface area contributed by atoms with Crippen molar-refractivity contribution in [1.29, 1.82) is 0 Å². The van der Waals surface area contributed by atoms with Crippen molar-refractivity contribution in [1.82, 2.24) is 15.3 Å². The number of hydrogen-bond acceptors (Lipinski definition) is 6. The number of pyridine rings is 2. The first-order chi connectivity index (χ1) is 13.9. The molecule has 3 N–H and O–H groups in total. The summed E-state index contributed by atoms with van der Waals surface area (Å²) >= 11 is 0. The summed E-state index contributed by atoms with van der Waals surface area (Å²) in [6.45, 7) is 0. The number of nitrogens with zero attached hydrogens (tertiary/aromatic N) is 3. The molecule has 0 aliphatic carbocycles. The minimum Gasteiger partial charge on any atom is -0.457 e. The zero-order valence-corrected chi connectivity index (χ0v) is 15.7. The van der Waals surface area contributed by atoms with E-state index < -0.39 is 11.7 Å². The lowest BCUT2D eigenvalue weighted by Crippen LogP contribution is -2.28. The third-order valence-electron chi connectivity index (χ3n) is 4.05. The maximum atomic E-state index is 13.6. The SMILES string of the molecule is CNC(=O)c1cc(N(C)C(=O)c2cc(Oc3ccc(N)c(F)c3)ccn2)ccn1. The second-order valence-corrected chi connectivity index (χ2v) is 6.00. The van der Waals surface area contributed by atoms with Gasteiger partial charge in [-0.1, -0.05) is 0 Å². The van der Waals surface area contributed by atoms with Crippen LogP contribution >= 0.6 is 0 Å². The van der Waals surface area contributed by atoms with E-state index in [0.717, 1.165) is 6.07 Å². The van der Waals surface area contributed by atoms with Crippen molar-refractivity contribution in [3.05, 3.63) is 72.1 Å². The normalized spacial score (nSPS) is 10.3. The standard InChI is InChI=1S/C20H18FN5O3/c1-23-19(27)17-9-12(5-7-24-17)26(2)20(28)18-11-14(6-8-25-18)29-13-3-4-16(22)15(21)10-13/h3-11H,22H2,1-2H3,(H,23,27). The number of nitrogens with two attached hydrogens (primary N) is 1. The van der Waals surface area contributed by atoms with Gasteiger partial charge in [0, 0.05) is 44.3 Å². The summed E-state index contributed by atoms with van der Waals surface area (Å²) in [6, 6.07) is 10.1. The molecule has 0 saturated carbocycles. The van der Waals surface area contributed by atoms with Crippen LogP contribution in [0.1, 0.15) is 21.0 Å². The molecule has 3 aromatic rings. The lowest BCUT2D eigenvalue weighted by molar-refractivity contribution is 0.0954. The summed E-state index contributed by atoms with van der Waals surface area (Å²) in [4.78, 5) is 33.9. The smallest absolute Gasteiger partial charge is 0.276 e. The molecule has 0 fully saturated rings. The molecular weight excluding hydrogens is 377 g/mol. The number of halogens is 1. The van der Waals surface area contributed by atoms with Crippen LogP contribution in [0.5, 0.6) is 11.5 Å². The van der Waals surface area contributed by atoms with Crippen LogP contribution < -0.4 is 20.7 Å². The summed E-state index contributed by atoms with van der Waals surface area (Å²) in [5.74, 6) is -0.845. The first-order valence-electron chi connectivity index (χ1n) is 8.54. The van der Waals surface area contributed by atoms with Crippen molar-refractivity contribution in [2.75, 3.05) is 24.7 Å². The Labute approximate surface area is 166 Å². The minimum atomic E-state index is -0.600. The molecule has 2 amide bonds. The second kappa shape index (κ2) is 8.34. The van der Waals surface area contributed by atoms with Crippen molar-refractivity contribution in [3.8, 4) is 11.5 Å². The van der Waals surface area contributed by atoms with Gasteiger partial charge in [-0.3, -0.25) is 19.6 Å². The van der Waals surface area contributed by atoms with Crippen molar-refractivity contribution < 1.29 is 18.7 Å². The van der Waals surface area contributed by atoms with Gasteiger partial charge in [0.2, 0.25) is 0 Å². The number of carbonyl (C=O) groups is 2. The van der Waals surface area contributed by atoms with Gasteiger partial charge in [-0.25, -0.2) is 4.39 Å². The fraction of sp³-hybridized carbons (Fsp3) is 0.100. The van der Waals surface area contributed by atoms with Crippen LogP contribution in [0, 0.1) is 5.82 Å². The van der Waals surface area contributed by atoms with Gasteiger partial charge in [0.05, 0.1) is 5.69 Å². The largest absolute Gasteiger partial charge is 0.457 e. The highest BCUT2D eigenvalue weighted by atomic mass is 19.1. The average molecular weight is 395 g/mol. The van der Waals surface area contributed by atoms with Crippen LogP contribution in [-0.2, 0) is 0 Å². The Kier molecular flexibility index (Phi) is 5.68. The topological polar surface area (TPSA) is 110 Å². The number of ether oxygens (including phenoxy) is 1. The van der Waals surface area contributed by atoms with E-state index in [-0.39, 0.29) is 28.7 Å². The minimum absolute atomic E-state index is 0.0121. The van der Waals surface area contributed by atoms with Crippen LogP contribution in [0.4, 0.5) is 15.8 Å². The first-order valence-corrected chi connectivity index (χ1v) is 8.54. The zero-order valence-electron chi connectivity index (χ0n) is 15.7. The Balaban J connectivity index is 1.81. The van der Waals surface area contributed by atoms with E-state index in [9.17, 15) is 14.0 Å². The second-order valence-electron chi connectivity index (χ2n) is 6.00. The van der Waals surface area contributed by atoms with Crippen molar-refractivity contribution in [2.24, 2.45) is 0 Å². The molecule has 0 saturated heterocycles. The number of aromatic nitrogens is 2. The van der Waals surface area contributed by atoms with E-state index in [0.29, 0.717) is 11.4 Å². The molecule has 0 spiro atoms. The van der Waals surface area contributed by atoms with Crippen molar-refractivity contribution in [3.63, 3.8) is 0 Å². The molecule has 2 aromatic heterocycles. The number of hydrogen-bond donors (Lipinski definition) is 2. The molecule has 3 rings (SSSR count).